The smallest absolute Gasteiger partial charge is 0.254 e. The molecule has 0 fully saturated rings. The molecule has 1 atom stereocenters. The quantitative estimate of drug-likeness (QED) is 0.650. The topological polar surface area (TPSA) is 69.9 Å². The summed E-state index contributed by atoms with van der Waals surface area (Å²) in [6.07, 6.45) is 3.32. The fourth-order valence-corrected chi connectivity index (χ4v) is 3.68. The van der Waals surface area contributed by atoms with Crippen molar-refractivity contribution in [3.05, 3.63) is 65.1 Å². The van der Waals surface area contributed by atoms with Crippen molar-refractivity contribution < 1.29 is 23.4 Å². The number of hydrogen-bond donors (Lipinski definition) is 1. The van der Waals surface area contributed by atoms with Crippen LogP contribution in [0, 0.1) is 0 Å². The van der Waals surface area contributed by atoms with Gasteiger partial charge in [-0.2, -0.15) is 0 Å². The van der Waals surface area contributed by atoms with Gasteiger partial charge in [0.05, 0.1) is 37.6 Å². The molecular formula is C22H20ClNO5. The summed E-state index contributed by atoms with van der Waals surface area (Å²) >= 11 is 6.51. The van der Waals surface area contributed by atoms with E-state index in [-0.39, 0.29) is 12.0 Å². The zero-order valence-corrected chi connectivity index (χ0v) is 16.8. The van der Waals surface area contributed by atoms with Gasteiger partial charge in [0.15, 0.2) is 0 Å². The highest BCUT2D eigenvalue weighted by Crippen LogP contribution is 2.42. The summed E-state index contributed by atoms with van der Waals surface area (Å²) in [5.74, 6) is 1.91. The Morgan fingerprint density at radius 3 is 2.79 bits per heavy atom. The van der Waals surface area contributed by atoms with Crippen LogP contribution in [-0.2, 0) is 6.42 Å². The van der Waals surface area contributed by atoms with Gasteiger partial charge in [0.25, 0.3) is 5.91 Å². The highest BCUT2D eigenvalue weighted by molar-refractivity contribution is 6.32. The molecule has 0 saturated carbocycles. The largest absolute Gasteiger partial charge is 0.497 e. The predicted octanol–water partition coefficient (Wildman–Crippen LogP) is 4.35. The first-order valence-electron chi connectivity index (χ1n) is 9.11. The number of hydrogen-bond acceptors (Lipinski definition) is 5. The number of ether oxygens (including phenoxy) is 3. The summed E-state index contributed by atoms with van der Waals surface area (Å²) in [6, 6.07) is 11.1. The first-order valence-corrected chi connectivity index (χ1v) is 9.48. The average molecular weight is 414 g/mol. The third-order valence-electron chi connectivity index (χ3n) is 4.84. The van der Waals surface area contributed by atoms with Crippen LogP contribution in [0.4, 0.5) is 0 Å². The van der Waals surface area contributed by atoms with Crippen LogP contribution in [0.3, 0.4) is 0 Å². The lowest BCUT2D eigenvalue weighted by Gasteiger charge is -2.13. The molecule has 1 N–H and O–H groups in total. The van der Waals surface area contributed by atoms with Gasteiger partial charge >= 0.3 is 0 Å². The minimum atomic E-state index is -0.203. The molecule has 1 aliphatic rings. The van der Waals surface area contributed by atoms with Gasteiger partial charge in [-0.3, -0.25) is 4.79 Å². The summed E-state index contributed by atoms with van der Waals surface area (Å²) in [7, 11) is 3.25. The van der Waals surface area contributed by atoms with E-state index in [1.54, 1.807) is 20.3 Å². The number of fused-ring (bicyclic) bond motifs is 1. The van der Waals surface area contributed by atoms with Gasteiger partial charge in [-0.05, 0) is 42.0 Å². The number of halogens is 1. The lowest BCUT2D eigenvalue weighted by molar-refractivity contribution is 0.0933. The molecule has 0 radical (unpaired) electrons. The van der Waals surface area contributed by atoms with E-state index in [4.69, 9.17) is 30.2 Å². The Kier molecular flexibility index (Phi) is 5.36. The van der Waals surface area contributed by atoms with Crippen LogP contribution in [0.1, 0.15) is 15.9 Å². The molecule has 1 amide bonds. The monoisotopic (exact) mass is 413 g/mol. The lowest BCUT2D eigenvalue weighted by Crippen LogP contribution is -2.34. The van der Waals surface area contributed by atoms with Crippen molar-refractivity contribution in [2.24, 2.45) is 0 Å². The Labute approximate surface area is 173 Å². The lowest BCUT2D eigenvalue weighted by atomic mass is 9.99. The Balaban J connectivity index is 1.54. The molecule has 6 nitrogen and oxygen atoms in total. The van der Waals surface area contributed by atoms with Crippen molar-refractivity contribution in [2.75, 3.05) is 20.8 Å². The van der Waals surface area contributed by atoms with Gasteiger partial charge in [0, 0.05) is 17.5 Å². The van der Waals surface area contributed by atoms with E-state index in [9.17, 15) is 4.79 Å². The van der Waals surface area contributed by atoms with Crippen LogP contribution in [0.5, 0.6) is 17.2 Å². The Morgan fingerprint density at radius 1 is 1.21 bits per heavy atom. The molecule has 0 bridgehead atoms. The molecular weight excluding hydrogens is 394 g/mol. The Bertz CT molecular complexity index is 1030. The van der Waals surface area contributed by atoms with E-state index in [0.717, 1.165) is 28.2 Å². The summed E-state index contributed by atoms with van der Waals surface area (Å²) in [6.45, 7) is 0.368. The van der Waals surface area contributed by atoms with Gasteiger partial charge in [-0.1, -0.05) is 11.6 Å². The number of furan rings is 1. The van der Waals surface area contributed by atoms with E-state index in [2.05, 4.69) is 5.32 Å². The van der Waals surface area contributed by atoms with E-state index < -0.39 is 0 Å². The first-order chi connectivity index (χ1) is 14.1. The number of carbonyl (C=O) groups excluding carboxylic acids is 1. The predicted molar refractivity (Wildman–Crippen MR) is 109 cm³/mol. The molecule has 2 aromatic carbocycles. The van der Waals surface area contributed by atoms with Gasteiger partial charge in [-0.25, -0.2) is 0 Å². The fourth-order valence-electron chi connectivity index (χ4n) is 3.40. The van der Waals surface area contributed by atoms with Crippen molar-refractivity contribution >= 4 is 17.5 Å². The molecule has 4 rings (SSSR count). The molecule has 0 unspecified atom stereocenters. The first kappa shape index (κ1) is 19.2. The normalized spacial score (nSPS) is 14.8. The van der Waals surface area contributed by atoms with E-state index in [0.29, 0.717) is 29.3 Å². The van der Waals surface area contributed by atoms with E-state index in [1.165, 1.54) is 12.5 Å². The second-order valence-corrected chi connectivity index (χ2v) is 7.09. The average Bonchev–Trinajstić information content (AvgIpc) is 3.41. The molecule has 150 valence electrons. The molecule has 2 heterocycles. The van der Waals surface area contributed by atoms with Crippen LogP contribution in [-0.4, -0.2) is 32.8 Å². The van der Waals surface area contributed by atoms with Crippen molar-refractivity contribution in [1.29, 1.82) is 0 Å². The molecule has 1 aromatic heterocycles. The molecule has 0 spiro atoms. The van der Waals surface area contributed by atoms with Crippen LogP contribution in [0.15, 0.2) is 53.3 Å². The molecule has 1 aliphatic heterocycles. The number of benzene rings is 2. The summed E-state index contributed by atoms with van der Waals surface area (Å²) < 4.78 is 21.7. The summed E-state index contributed by atoms with van der Waals surface area (Å²) in [5.41, 5.74) is 3.26. The zero-order valence-electron chi connectivity index (χ0n) is 16.0. The third-order valence-corrected chi connectivity index (χ3v) is 5.12. The maximum absolute atomic E-state index is 12.1. The number of carbonyl (C=O) groups is 1. The van der Waals surface area contributed by atoms with Crippen LogP contribution in [0.2, 0.25) is 5.02 Å². The van der Waals surface area contributed by atoms with E-state index >= 15 is 0 Å². The Morgan fingerprint density at radius 2 is 2.07 bits per heavy atom. The zero-order chi connectivity index (χ0) is 20.4. The van der Waals surface area contributed by atoms with Crippen LogP contribution >= 0.6 is 11.6 Å². The number of nitrogens with one attached hydrogen (secondary N) is 1. The molecule has 0 saturated heterocycles. The summed E-state index contributed by atoms with van der Waals surface area (Å²) in [5, 5.41) is 3.38. The van der Waals surface area contributed by atoms with Gasteiger partial charge < -0.3 is 23.9 Å². The Hall–Kier alpha value is -3.12. The van der Waals surface area contributed by atoms with Gasteiger partial charge in [0.2, 0.25) is 0 Å². The minimum Gasteiger partial charge on any atom is -0.497 e. The van der Waals surface area contributed by atoms with Crippen LogP contribution < -0.4 is 19.5 Å². The van der Waals surface area contributed by atoms with E-state index in [1.807, 2.05) is 30.3 Å². The minimum absolute atomic E-state index is 0.194. The fraction of sp³-hybridized carbons (Fsp3) is 0.227. The van der Waals surface area contributed by atoms with Crippen LogP contribution in [0.25, 0.3) is 11.1 Å². The third kappa shape index (κ3) is 3.89. The standard InChI is InChI=1S/C22H20ClNO5/c1-26-16-3-4-20(27-2)18(10-16)14-7-15-8-17(29-21(15)19(23)9-14)11-24-22(25)13-5-6-28-12-13/h3-7,9-10,12,17H,8,11H2,1-2H3,(H,24,25)/t17-/m0/s1. The molecule has 0 aliphatic carbocycles. The number of methoxy groups -OCH3 is 2. The SMILES string of the molecule is COc1ccc(OC)c(-c2cc(Cl)c3c(c2)C[C@@H](CNC(=O)c2ccoc2)O3)c1. The molecule has 3 aromatic rings. The second kappa shape index (κ2) is 8.09. The highest BCUT2D eigenvalue weighted by Gasteiger charge is 2.27. The number of rotatable bonds is 6. The number of amides is 1. The summed E-state index contributed by atoms with van der Waals surface area (Å²) in [4.78, 5) is 12.1. The van der Waals surface area contributed by atoms with Gasteiger partial charge in [0.1, 0.15) is 29.6 Å². The van der Waals surface area contributed by atoms with Gasteiger partial charge in [-0.15, -0.1) is 0 Å². The van der Waals surface area contributed by atoms with Crippen molar-refractivity contribution in [1.82, 2.24) is 5.32 Å². The molecule has 29 heavy (non-hydrogen) atoms. The van der Waals surface area contributed by atoms with Crippen molar-refractivity contribution in [3.63, 3.8) is 0 Å². The maximum atomic E-state index is 12.1. The highest BCUT2D eigenvalue weighted by atomic mass is 35.5. The molecule has 7 heteroatoms. The maximum Gasteiger partial charge on any atom is 0.254 e. The second-order valence-electron chi connectivity index (χ2n) is 6.68. The van der Waals surface area contributed by atoms with Crippen molar-refractivity contribution in [3.8, 4) is 28.4 Å². The van der Waals surface area contributed by atoms with Crippen molar-refractivity contribution in [2.45, 2.75) is 12.5 Å².